The van der Waals surface area contributed by atoms with Gasteiger partial charge in [0, 0.05) is 6.08 Å². The molecule has 1 aliphatic carbocycles. The van der Waals surface area contributed by atoms with Crippen LogP contribution in [0.15, 0.2) is 42.5 Å². The van der Waals surface area contributed by atoms with Crippen LogP contribution in [0.4, 0.5) is 5.69 Å². The maximum absolute atomic E-state index is 12.5. The molecule has 0 bridgehead atoms. The number of carbonyl (C=O) groups excluding carboxylic acids is 1. The SMILES string of the molecule is Cc1ccc([C@H](NC(=O)/C=C/c2cc3c(cc2[N+](=O)[O-])OCO3)C2CC2)cc1. The van der Waals surface area contributed by atoms with Crippen molar-refractivity contribution in [1.29, 1.82) is 0 Å². The second-order valence-electron chi connectivity index (χ2n) is 7.09. The van der Waals surface area contributed by atoms with Crippen molar-refractivity contribution >= 4 is 17.7 Å². The van der Waals surface area contributed by atoms with E-state index >= 15 is 0 Å². The lowest BCUT2D eigenvalue weighted by Crippen LogP contribution is -2.28. The first-order chi connectivity index (χ1) is 13.5. The van der Waals surface area contributed by atoms with Crippen molar-refractivity contribution in [3.8, 4) is 11.5 Å². The molecule has 144 valence electrons. The van der Waals surface area contributed by atoms with Gasteiger partial charge in [0.2, 0.25) is 12.7 Å². The summed E-state index contributed by atoms with van der Waals surface area (Å²) in [5.41, 5.74) is 2.40. The zero-order valence-electron chi connectivity index (χ0n) is 15.4. The van der Waals surface area contributed by atoms with E-state index in [0.717, 1.165) is 18.4 Å². The minimum absolute atomic E-state index is 0.0275. The number of nitro benzene ring substituents is 1. The van der Waals surface area contributed by atoms with Crippen molar-refractivity contribution in [1.82, 2.24) is 5.32 Å². The molecule has 1 heterocycles. The number of benzene rings is 2. The fraction of sp³-hybridized carbons (Fsp3) is 0.286. The molecule has 0 unspecified atom stereocenters. The number of fused-ring (bicyclic) bond motifs is 1. The van der Waals surface area contributed by atoms with Gasteiger partial charge in [-0.05, 0) is 43.4 Å². The molecule has 1 saturated carbocycles. The Hall–Kier alpha value is -3.35. The fourth-order valence-electron chi connectivity index (χ4n) is 3.28. The van der Waals surface area contributed by atoms with Gasteiger partial charge in [-0.2, -0.15) is 0 Å². The van der Waals surface area contributed by atoms with Crippen molar-refractivity contribution in [2.45, 2.75) is 25.8 Å². The Kier molecular flexibility index (Phi) is 4.73. The normalized spacial score (nSPS) is 16.2. The van der Waals surface area contributed by atoms with Gasteiger partial charge in [-0.3, -0.25) is 14.9 Å². The molecule has 1 aliphatic heterocycles. The van der Waals surface area contributed by atoms with Gasteiger partial charge >= 0.3 is 0 Å². The quantitative estimate of drug-likeness (QED) is 0.466. The summed E-state index contributed by atoms with van der Waals surface area (Å²) in [6, 6.07) is 10.9. The van der Waals surface area contributed by atoms with Gasteiger partial charge in [0.1, 0.15) is 0 Å². The predicted octanol–water partition coefficient (Wildman–Crippen LogP) is 3.91. The van der Waals surface area contributed by atoms with E-state index in [2.05, 4.69) is 5.32 Å². The van der Waals surface area contributed by atoms with E-state index in [1.54, 1.807) is 0 Å². The Balaban J connectivity index is 1.52. The van der Waals surface area contributed by atoms with E-state index in [9.17, 15) is 14.9 Å². The summed E-state index contributed by atoms with van der Waals surface area (Å²) in [5, 5.41) is 14.4. The van der Waals surface area contributed by atoms with Crippen molar-refractivity contribution < 1.29 is 19.2 Å². The molecule has 0 spiro atoms. The Labute approximate surface area is 162 Å². The number of hydrogen-bond acceptors (Lipinski definition) is 5. The molecule has 2 aromatic rings. The molecule has 0 saturated heterocycles. The topological polar surface area (TPSA) is 90.7 Å². The standard InChI is InChI=1S/C21H20N2O5/c1-13-2-4-14(5-3-13)21(15-6-7-15)22-20(24)9-8-16-10-18-19(28-12-27-18)11-17(16)23(25)26/h2-5,8-11,15,21H,6-7,12H2,1H3,(H,22,24)/b9-8+/t21-/m0/s1. The molecule has 7 heteroatoms. The number of aryl methyl sites for hydroxylation is 1. The average Bonchev–Trinajstić information content (AvgIpc) is 3.41. The first kappa shape index (κ1) is 18.0. The highest BCUT2D eigenvalue weighted by molar-refractivity contribution is 5.92. The van der Waals surface area contributed by atoms with Gasteiger partial charge in [-0.25, -0.2) is 0 Å². The molecular weight excluding hydrogens is 360 g/mol. The number of amides is 1. The molecule has 0 radical (unpaired) electrons. The molecule has 1 N–H and O–H groups in total. The van der Waals surface area contributed by atoms with Crippen LogP contribution in [0.3, 0.4) is 0 Å². The lowest BCUT2D eigenvalue weighted by molar-refractivity contribution is -0.385. The van der Waals surface area contributed by atoms with Crippen LogP contribution in [0.25, 0.3) is 6.08 Å². The second kappa shape index (κ2) is 7.34. The molecule has 28 heavy (non-hydrogen) atoms. The highest BCUT2D eigenvalue weighted by atomic mass is 16.7. The molecule has 2 aliphatic rings. The first-order valence-corrected chi connectivity index (χ1v) is 9.14. The van der Waals surface area contributed by atoms with E-state index < -0.39 is 4.92 Å². The van der Waals surface area contributed by atoms with Crippen LogP contribution in [-0.2, 0) is 4.79 Å². The summed E-state index contributed by atoms with van der Waals surface area (Å²) < 4.78 is 10.5. The van der Waals surface area contributed by atoms with Gasteiger partial charge in [-0.1, -0.05) is 29.8 Å². The van der Waals surface area contributed by atoms with Crippen molar-refractivity contribution in [2.24, 2.45) is 5.92 Å². The summed E-state index contributed by atoms with van der Waals surface area (Å²) in [6.07, 6.45) is 4.93. The van der Waals surface area contributed by atoms with Crippen LogP contribution in [0.5, 0.6) is 11.5 Å². The van der Waals surface area contributed by atoms with E-state index in [1.807, 2.05) is 31.2 Å². The summed E-state index contributed by atoms with van der Waals surface area (Å²) in [6.45, 7) is 2.05. The molecule has 1 atom stereocenters. The van der Waals surface area contributed by atoms with E-state index in [0.29, 0.717) is 23.0 Å². The zero-order chi connectivity index (χ0) is 19.7. The summed E-state index contributed by atoms with van der Waals surface area (Å²) >= 11 is 0. The molecule has 7 nitrogen and oxygen atoms in total. The largest absolute Gasteiger partial charge is 0.454 e. The summed E-state index contributed by atoms with van der Waals surface area (Å²) in [4.78, 5) is 23.3. The Morgan fingerprint density at radius 1 is 1.21 bits per heavy atom. The van der Waals surface area contributed by atoms with Crippen molar-refractivity contribution in [3.63, 3.8) is 0 Å². The van der Waals surface area contributed by atoms with Crippen LogP contribution >= 0.6 is 0 Å². The van der Waals surface area contributed by atoms with Gasteiger partial charge in [0.25, 0.3) is 5.69 Å². The maximum Gasteiger partial charge on any atom is 0.280 e. The van der Waals surface area contributed by atoms with Crippen molar-refractivity contribution in [3.05, 3.63) is 69.3 Å². The van der Waals surface area contributed by atoms with Crippen LogP contribution in [0.2, 0.25) is 0 Å². The number of rotatable bonds is 6. The monoisotopic (exact) mass is 380 g/mol. The average molecular weight is 380 g/mol. The number of ether oxygens (including phenoxy) is 2. The number of nitrogens with zero attached hydrogens (tertiary/aromatic N) is 1. The predicted molar refractivity (Wildman–Crippen MR) is 103 cm³/mol. The van der Waals surface area contributed by atoms with Crippen LogP contribution in [0, 0.1) is 23.0 Å². The molecule has 0 aromatic heterocycles. The third-order valence-electron chi connectivity index (χ3n) is 4.96. The minimum atomic E-state index is -0.501. The van der Waals surface area contributed by atoms with Gasteiger partial charge in [0.05, 0.1) is 22.6 Å². The van der Waals surface area contributed by atoms with E-state index in [4.69, 9.17) is 9.47 Å². The van der Waals surface area contributed by atoms with Gasteiger partial charge in [-0.15, -0.1) is 0 Å². The molecule has 4 rings (SSSR count). The molecular formula is C21H20N2O5. The van der Waals surface area contributed by atoms with Crippen molar-refractivity contribution in [2.75, 3.05) is 6.79 Å². The number of hydrogen-bond donors (Lipinski definition) is 1. The zero-order valence-corrected chi connectivity index (χ0v) is 15.4. The smallest absolute Gasteiger partial charge is 0.280 e. The second-order valence-corrected chi connectivity index (χ2v) is 7.09. The first-order valence-electron chi connectivity index (χ1n) is 9.14. The molecule has 1 amide bonds. The fourth-order valence-corrected chi connectivity index (χ4v) is 3.28. The van der Waals surface area contributed by atoms with Gasteiger partial charge in [0.15, 0.2) is 11.5 Å². The minimum Gasteiger partial charge on any atom is -0.454 e. The number of nitro groups is 1. The summed E-state index contributed by atoms with van der Waals surface area (Å²) in [5.74, 6) is 0.909. The van der Waals surface area contributed by atoms with Crippen LogP contribution in [-0.4, -0.2) is 17.6 Å². The van der Waals surface area contributed by atoms with Gasteiger partial charge < -0.3 is 14.8 Å². The number of nitrogens with one attached hydrogen (secondary N) is 1. The highest BCUT2D eigenvalue weighted by Crippen LogP contribution is 2.41. The third-order valence-corrected chi connectivity index (χ3v) is 4.96. The molecule has 1 fully saturated rings. The number of carbonyl (C=O) groups is 1. The third kappa shape index (κ3) is 3.83. The Bertz CT molecular complexity index is 948. The molecule has 2 aromatic carbocycles. The highest BCUT2D eigenvalue weighted by Gasteiger charge is 2.33. The van der Waals surface area contributed by atoms with E-state index in [-0.39, 0.29) is 24.4 Å². The lowest BCUT2D eigenvalue weighted by Gasteiger charge is -2.18. The summed E-state index contributed by atoms with van der Waals surface area (Å²) in [7, 11) is 0. The Morgan fingerprint density at radius 3 is 2.54 bits per heavy atom. The maximum atomic E-state index is 12.5. The Morgan fingerprint density at radius 2 is 1.89 bits per heavy atom. The van der Waals surface area contributed by atoms with Crippen LogP contribution in [0.1, 0.15) is 35.6 Å². The lowest BCUT2D eigenvalue weighted by atomic mass is 10.0. The van der Waals surface area contributed by atoms with Crippen LogP contribution < -0.4 is 14.8 Å². The van der Waals surface area contributed by atoms with E-state index in [1.165, 1.54) is 29.8 Å².